The molecule has 102 valence electrons. The van der Waals surface area contributed by atoms with E-state index in [1.807, 2.05) is 30.3 Å². The molecule has 0 atom stereocenters. The number of nitrogens with one attached hydrogen (secondary N) is 1. The van der Waals surface area contributed by atoms with Gasteiger partial charge >= 0.3 is 0 Å². The highest BCUT2D eigenvalue weighted by Gasteiger charge is 2.12. The summed E-state index contributed by atoms with van der Waals surface area (Å²) in [6.45, 7) is 3.20. The van der Waals surface area contributed by atoms with E-state index in [9.17, 15) is 0 Å². The van der Waals surface area contributed by atoms with Crippen molar-refractivity contribution in [1.29, 1.82) is 10.5 Å². The summed E-state index contributed by atoms with van der Waals surface area (Å²) >= 11 is 0. The van der Waals surface area contributed by atoms with Crippen LogP contribution in [0.5, 0.6) is 0 Å². The van der Waals surface area contributed by atoms with E-state index in [1.54, 1.807) is 0 Å². The van der Waals surface area contributed by atoms with Crippen LogP contribution in [0.3, 0.4) is 0 Å². The highest BCUT2D eigenvalue weighted by atomic mass is 15.1. The van der Waals surface area contributed by atoms with Crippen LogP contribution in [0.25, 0.3) is 0 Å². The number of hydrogen-bond acceptors (Lipinski definition) is 4. The second kappa shape index (κ2) is 7.33. The summed E-state index contributed by atoms with van der Waals surface area (Å²) in [7, 11) is 0. The van der Waals surface area contributed by atoms with Gasteiger partial charge in [0, 0.05) is 18.4 Å². The second-order valence-electron chi connectivity index (χ2n) is 4.92. The van der Waals surface area contributed by atoms with Gasteiger partial charge in [0.1, 0.15) is 17.7 Å². The van der Waals surface area contributed by atoms with Gasteiger partial charge in [-0.15, -0.1) is 0 Å². The zero-order valence-corrected chi connectivity index (χ0v) is 11.5. The van der Waals surface area contributed by atoms with Crippen molar-refractivity contribution in [3.63, 3.8) is 0 Å². The van der Waals surface area contributed by atoms with Gasteiger partial charge in [-0.05, 0) is 37.6 Å². The number of benzene rings is 1. The largest absolute Gasteiger partial charge is 0.360 e. The Morgan fingerprint density at radius 3 is 2.55 bits per heavy atom. The maximum atomic E-state index is 8.75. The summed E-state index contributed by atoms with van der Waals surface area (Å²) in [5, 5.41) is 20.6. The van der Waals surface area contributed by atoms with Crippen molar-refractivity contribution in [2.24, 2.45) is 0 Å². The van der Waals surface area contributed by atoms with Crippen molar-refractivity contribution >= 4 is 5.69 Å². The molecule has 0 aromatic heterocycles. The molecule has 0 saturated carbocycles. The molecule has 1 N–H and O–H groups in total. The Labute approximate surface area is 119 Å². The van der Waals surface area contributed by atoms with Crippen molar-refractivity contribution in [3.05, 3.63) is 41.6 Å². The fourth-order valence-corrected chi connectivity index (χ4v) is 2.40. The number of likely N-dealkylation sites (tertiary alicyclic amines) is 1. The van der Waals surface area contributed by atoms with E-state index in [1.165, 1.54) is 31.0 Å². The highest BCUT2D eigenvalue weighted by molar-refractivity contribution is 5.55. The molecular formula is C16H18N4. The number of nitriles is 2. The van der Waals surface area contributed by atoms with Crippen molar-refractivity contribution in [2.45, 2.75) is 25.8 Å². The topological polar surface area (TPSA) is 62.9 Å². The molecule has 1 aliphatic heterocycles. The molecule has 1 heterocycles. The predicted molar refractivity (Wildman–Crippen MR) is 78.5 cm³/mol. The lowest BCUT2D eigenvalue weighted by atomic mass is 10.1. The smallest absolute Gasteiger partial charge is 0.145 e. The van der Waals surface area contributed by atoms with E-state index in [2.05, 4.69) is 16.3 Å². The van der Waals surface area contributed by atoms with E-state index < -0.39 is 0 Å². The first-order valence-corrected chi connectivity index (χ1v) is 6.90. The highest BCUT2D eigenvalue weighted by Crippen LogP contribution is 2.20. The summed E-state index contributed by atoms with van der Waals surface area (Å²) in [5.41, 5.74) is 2.24. The number of allylic oxidation sites excluding steroid dienone is 1. The third-order valence-electron chi connectivity index (χ3n) is 3.47. The third-order valence-corrected chi connectivity index (χ3v) is 3.47. The van der Waals surface area contributed by atoms with Gasteiger partial charge in [0.05, 0.1) is 0 Å². The van der Waals surface area contributed by atoms with Crippen LogP contribution in [-0.2, 0) is 6.54 Å². The summed E-state index contributed by atoms with van der Waals surface area (Å²) in [5.74, 6) is 0. The number of rotatable bonds is 4. The van der Waals surface area contributed by atoms with Gasteiger partial charge in [0.15, 0.2) is 0 Å². The summed E-state index contributed by atoms with van der Waals surface area (Å²) in [6.07, 6.45) is 5.33. The zero-order chi connectivity index (χ0) is 14.2. The van der Waals surface area contributed by atoms with Crippen molar-refractivity contribution in [1.82, 2.24) is 4.90 Å². The van der Waals surface area contributed by atoms with E-state index in [4.69, 9.17) is 10.5 Å². The Balaban J connectivity index is 2.08. The number of nitrogens with zero attached hydrogens (tertiary/aromatic N) is 3. The Morgan fingerprint density at radius 1 is 1.15 bits per heavy atom. The predicted octanol–water partition coefficient (Wildman–Crippen LogP) is 3.02. The standard InChI is InChI=1S/C16H18N4/c17-10-14(11-18)12-19-16-7-3-2-6-15(16)13-20-8-4-1-5-9-20/h2-3,6-7,12,19H,1,4-5,8-9,13H2. The lowest BCUT2D eigenvalue weighted by molar-refractivity contribution is 0.221. The molecule has 0 unspecified atom stereocenters. The molecule has 1 aliphatic rings. The first kappa shape index (κ1) is 14.1. The van der Waals surface area contributed by atoms with Gasteiger partial charge in [-0.1, -0.05) is 24.6 Å². The van der Waals surface area contributed by atoms with Crippen molar-refractivity contribution in [2.75, 3.05) is 18.4 Å². The Hall–Kier alpha value is -2.30. The normalized spacial score (nSPS) is 14.9. The van der Waals surface area contributed by atoms with Gasteiger partial charge in [-0.2, -0.15) is 10.5 Å². The van der Waals surface area contributed by atoms with E-state index >= 15 is 0 Å². The molecule has 20 heavy (non-hydrogen) atoms. The van der Waals surface area contributed by atoms with Crippen LogP contribution >= 0.6 is 0 Å². The van der Waals surface area contributed by atoms with E-state index in [0.717, 1.165) is 25.3 Å². The maximum Gasteiger partial charge on any atom is 0.145 e. The zero-order valence-electron chi connectivity index (χ0n) is 11.5. The van der Waals surface area contributed by atoms with Crippen molar-refractivity contribution in [3.8, 4) is 12.1 Å². The monoisotopic (exact) mass is 266 g/mol. The fraction of sp³-hybridized carbons (Fsp3) is 0.375. The second-order valence-corrected chi connectivity index (χ2v) is 4.92. The third kappa shape index (κ3) is 3.85. The SMILES string of the molecule is N#CC(C#N)=CNc1ccccc1CN1CCCCC1. The minimum atomic E-state index is 0.0813. The quantitative estimate of drug-likeness (QED) is 0.851. The van der Waals surface area contributed by atoms with Gasteiger partial charge in [0.25, 0.3) is 0 Å². The van der Waals surface area contributed by atoms with Crippen LogP contribution < -0.4 is 5.32 Å². The van der Waals surface area contributed by atoms with Crippen LogP contribution in [0, 0.1) is 22.7 Å². The summed E-state index contributed by atoms with van der Waals surface area (Å²) in [4.78, 5) is 2.45. The molecule has 1 aromatic rings. The molecule has 1 fully saturated rings. The van der Waals surface area contributed by atoms with Crippen LogP contribution in [0.2, 0.25) is 0 Å². The first-order valence-electron chi connectivity index (χ1n) is 6.90. The minimum Gasteiger partial charge on any atom is -0.360 e. The Kier molecular flexibility index (Phi) is 5.17. The number of anilines is 1. The lowest BCUT2D eigenvalue weighted by Gasteiger charge is -2.27. The Bertz CT molecular complexity index is 541. The molecule has 0 amide bonds. The molecule has 2 rings (SSSR count). The molecule has 0 spiro atoms. The number of hydrogen-bond donors (Lipinski definition) is 1. The van der Waals surface area contributed by atoms with E-state index in [0.29, 0.717) is 0 Å². The van der Waals surface area contributed by atoms with Crippen molar-refractivity contribution < 1.29 is 0 Å². The molecular weight excluding hydrogens is 248 g/mol. The van der Waals surface area contributed by atoms with Gasteiger partial charge in [-0.3, -0.25) is 4.90 Å². The van der Waals surface area contributed by atoms with Crippen LogP contribution in [-0.4, -0.2) is 18.0 Å². The summed E-state index contributed by atoms with van der Waals surface area (Å²) in [6, 6.07) is 11.7. The lowest BCUT2D eigenvalue weighted by Crippen LogP contribution is -2.29. The molecule has 0 radical (unpaired) electrons. The first-order chi connectivity index (χ1) is 9.83. The van der Waals surface area contributed by atoms with Crippen LogP contribution in [0.15, 0.2) is 36.0 Å². The minimum absolute atomic E-state index is 0.0813. The molecule has 0 bridgehead atoms. The number of para-hydroxylation sites is 1. The molecule has 1 saturated heterocycles. The van der Waals surface area contributed by atoms with Gasteiger partial charge < -0.3 is 5.32 Å². The average Bonchev–Trinajstić information content (AvgIpc) is 2.51. The van der Waals surface area contributed by atoms with E-state index in [-0.39, 0.29) is 5.57 Å². The van der Waals surface area contributed by atoms with Gasteiger partial charge in [0.2, 0.25) is 0 Å². The van der Waals surface area contributed by atoms with Gasteiger partial charge in [-0.25, -0.2) is 0 Å². The van der Waals surface area contributed by atoms with Crippen LogP contribution in [0.4, 0.5) is 5.69 Å². The molecule has 1 aromatic carbocycles. The average molecular weight is 266 g/mol. The molecule has 0 aliphatic carbocycles. The van der Waals surface area contributed by atoms with Crippen LogP contribution in [0.1, 0.15) is 24.8 Å². The molecule has 4 nitrogen and oxygen atoms in total. The fourth-order valence-electron chi connectivity index (χ4n) is 2.40. The molecule has 4 heteroatoms. The maximum absolute atomic E-state index is 8.75. The summed E-state index contributed by atoms with van der Waals surface area (Å²) < 4.78 is 0. The Morgan fingerprint density at radius 2 is 1.85 bits per heavy atom. The number of piperidine rings is 1.